The Morgan fingerprint density at radius 3 is 2.47 bits per heavy atom. The second kappa shape index (κ2) is 2.48. The molecule has 2 fully saturated rings. The average molecular weight is 201 g/mol. The molecule has 1 heterocycles. The molecule has 2 amide bonds. The van der Waals surface area contributed by atoms with E-state index in [0.717, 1.165) is 6.42 Å². The molecule has 15 heavy (non-hydrogen) atoms. The zero-order valence-corrected chi connectivity index (χ0v) is 8.43. The Kier molecular flexibility index (Phi) is 1.43. The van der Waals surface area contributed by atoms with Gasteiger partial charge in [-0.3, -0.25) is 9.59 Å². The maximum absolute atomic E-state index is 12.0. The zero-order valence-electron chi connectivity index (χ0n) is 8.43. The van der Waals surface area contributed by atoms with Crippen molar-refractivity contribution in [2.75, 3.05) is 4.90 Å². The van der Waals surface area contributed by atoms with Gasteiger partial charge >= 0.3 is 0 Å². The van der Waals surface area contributed by atoms with E-state index in [1.54, 1.807) is 12.1 Å². The second-order valence-electron chi connectivity index (χ2n) is 4.49. The lowest BCUT2D eigenvalue weighted by molar-refractivity contribution is -0.124. The number of nitrogens with zero attached hydrogens (tertiary/aromatic N) is 1. The summed E-state index contributed by atoms with van der Waals surface area (Å²) in [6, 6.07) is 9.13. The summed E-state index contributed by atoms with van der Waals surface area (Å²) in [6.45, 7) is 1.88. The number of hydrogen-bond donors (Lipinski definition) is 0. The number of hydrogen-bond acceptors (Lipinski definition) is 2. The molecule has 0 radical (unpaired) electrons. The number of piperidine rings is 1. The summed E-state index contributed by atoms with van der Waals surface area (Å²) in [7, 11) is 0. The summed E-state index contributed by atoms with van der Waals surface area (Å²) >= 11 is 0. The third-order valence-electron chi connectivity index (χ3n) is 3.46. The van der Waals surface area contributed by atoms with Gasteiger partial charge in [-0.15, -0.1) is 0 Å². The van der Waals surface area contributed by atoms with Gasteiger partial charge in [0.2, 0.25) is 11.8 Å². The van der Waals surface area contributed by atoms with Crippen molar-refractivity contribution >= 4 is 17.5 Å². The number of benzene rings is 1. The van der Waals surface area contributed by atoms with Crippen LogP contribution in [0.25, 0.3) is 0 Å². The van der Waals surface area contributed by atoms with Gasteiger partial charge in [-0.1, -0.05) is 18.2 Å². The molecule has 0 aromatic heterocycles. The van der Waals surface area contributed by atoms with Crippen LogP contribution in [0.5, 0.6) is 0 Å². The lowest BCUT2D eigenvalue weighted by Crippen LogP contribution is -2.34. The number of para-hydroxylation sites is 1. The third-order valence-corrected chi connectivity index (χ3v) is 3.46. The van der Waals surface area contributed by atoms with E-state index in [9.17, 15) is 9.59 Å². The highest BCUT2D eigenvalue weighted by Crippen LogP contribution is 2.59. The smallest absolute Gasteiger partial charge is 0.240 e. The van der Waals surface area contributed by atoms with E-state index in [1.165, 1.54) is 4.90 Å². The summed E-state index contributed by atoms with van der Waals surface area (Å²) in [5, 5.41) is 0. The van der Waals surface area contributed by atoms with Crippen molar-refractivity contribution in [1.82, 2.24) is 0 Å². The van der Waals surface area contributed by atoms with Crippen LogP contribution < -0.4 is 4.90 Å². The first-order chi connectivity index (χ1) is 7.14. The fourth-order valence-corrected chi connectivity index (χ4v) is 2.29. The van der Waals surface area contributed by atoms with Crippen molar-refractivity contribution in [1.29, 1.82) is 0 Å². The van der Waals surface area contributed by atoms with Crippen LogP contribution in [0, 0.1) is 11.3 Å². The van der Waals surface area contributed by atoms with Crippen molar-refractivity contribution in [2.24, 2.45) is 11.3 Å². The highest BCUT2D eigenvalue weighted by molar-refractivity contribution is 6.26. The summed E-state index contributed by atoms with van der Waals surface area (Å²) in [6.07, 6.45) is 0.730. The van der Waals surface area contributed by atoms with E-state index >= 15 is 0 Å². The van der Waals surface area contributed by atoms with Gasteiger partial charge in [0.25, 0.3) is 0 Å². The normalized spacial score (nSPS) is 33.1. The number of amides is 2. The van der Waals surface area contributed by atoms with Crippen molar-refractivity contribution in [3.63, 3.8) is 0 Å². The minimum Gasteiger partial charge on any atom is -0.274 e. The Morgan fingerprint density at radius 1 is 1.27 bits per heavy atom. The first kappa shape index (κ1) is 8.65. The predicted molar refractivity (Wildman–Crippen MR) is 55.1 cm³/mol. The molecule has 0 bridgehead atoms. The average Bonchev–Trinajstić information content (AvgIpc) is 2.89. The molecule has 1 aromatic rings. The number of imide groups is 1. The highest BCUT2D eigenvalue weighted by atomic mass is 16.2. The molecule has 1 aliphatic heterocycles. The van der Waals surface area contributed by atoms with Gasteiger partial charge in [-0.2, -0.15) is 0 Å². The molecule has 1 aromatic carbocycles. The minimum atomic E-state index is -0.396. The van der Waals surface area contributed by atoms with E-state index in [2.05, 4.69) is 0 Å². The van der Waals surface area contributed by atoms with Crippen molar-refractivity contribution in [3.8, 4) is 0 Å². The maximum atomic E-state index is 12.0. The van der Waals surface area contributed by atoms with Crippen LogP contribution >= 0.6 is 0 Å². The molecule has 3 heteroatoms. The first-order valence-electron chi connectivity index (χ1n) is 5.08. The SMILES string of the molecule is C[C@@]12C[C@@H]1C(=O)N(c1ccccc1)C2=O. The Bertz CT molecular complexity index is 454. The van der Waals surface area contributed by atoms with Crippen LogP contribution in [0.3, 0.4) is 0 Å². The maximum Gasteiger partial charge on any atom is 0.240 e. The minimum absolute atomic E-state index is 0.0336. The number of carbonyl (C=O) groups excluding carboxylic acids is 2. The molecule has 1 aliphatic carbocycles. The lowest BCUT2D eigenvalue weighted by Gasteiger charge is -2.17. The molecule has 0 unspecified atom stereocenters. The lowest BCUT2D eigenvalue weighted by atomic mass is 10.1. The van der Waals surface area contributed by atoms with Crippen LogP contribution in [-0.2, 0) is 9.59 Å². The summed E-state index contributed by atoms with van der Waals surface area (Å²) in [5.74, 6) is -0.136. The molecule has 2 aliphatic rings. The van der Waals surface area contributed by atoms with Gasteiger partial charge in [-0.05, 0) is 25.5 Å². The Morgan fingerprint density at radius 2 is 1.93 bits per heavy atom. The van der Waals surface area contributed by atoms with Crippen LogP contribution in [0.4, 0.5) is 5.69 Å². The van der Waals surface area contributed by atoms with Crippen molar-refractivity contribution < 1.29 is 9.59 Å². The van der Waals surface area contributed by atoms with Gasteiger partial charge in [0, 0.05) is 0 Å². The Labute approximate surface area is 87.7 Å². The number of anilines is 1. The zero-order chi connectivity index (χ0) is 10.6. The molecule has 76 valence electrons. The number of rotatable bonds is 1. The van der Waals surface area contributed by atoms with Crippen molar-refractivity contribution in [3.05, 3.63) is 30.3 Å². The standard InChI is InChI=1S/C12H11NO2/c1-12-7-9(12)10(14)13(11(12)15)8-5-3-2-4-6-8/h2-6,9H,7H2,1H3/t9-,12-/m1/s1. The summed E-state index contributed by atoms with van der Waals surface area (Å²) in [5.41, 5.74) is 0.299. The molecular weight excluding hydrogens is 190 g/mol. The van der Waals surface area contributed by atoms with Gasteiger partial charge in [0.05, 0.1) is 17.0 Å². The third kappa shape index (κ3) is 0.950. The second-order valence-corrected chi connectivity index (χ2v) is 4.49. The largest absolute Gasteiger partial charge is 0.274 e. The molecule has 0 N–H and O–H groups in total. The Balaban J connectivity index is 2.03. The fraction of sp³-hybridized carbons (Fsp3) is 0.333. The molecule has 1 saturated carbocycles. The van der Waals surface area contributed by atoms with Crippen LogP contribution in [-0.4, -0.2) is 11.8 Å². The number of carbonyl (C=O) groups is 2. The van der Waals surface area contributed by atoms with E-state index < -0.39 is 5.41 Å². The van der Waals surface area contributed by atoms with Crippen LogP contribution in [0.1, 0.15) is 13.3 Å². The topological polar surface area (TPSA) is 37.4 Å². The summed E-state index contributed by atoms with van der Waals surface area (Å²) < 4.78 is 0. The Hall–Kier alpha value is -1.64. The van der Waals surface area contributed by atoms with Gasteiger partial charge in [0.1, 0.15) is 0 Å². The molecule has 3 nitrogen and oxygen atoms in total. The van der Waals surface area contributed by atoms with E-state index in [1.807, 2.05) is 25.1 Å². The van der Waals surface area contributed by atoms with Crippen LogP contribution in [0.15, 0.2) is 30.3 Å². The van der Waals surface area contributed by atoms with Gasteiger partial charge < -0.3 is 0 Å². The van der Waals surface area contributed by atoms with E-state index in [-0.39, 0.29) is 17.7 Å². The molecule has 3 rings (SSSR count). The highest BCUT2D eigenvalue weighted by Gasteiger charge is 2.68. The predicted octanol–water partition coefficient (Wildman–Crippen LogP) is 1.59. The molecule has 1 saturated heterocycles. The first-order valence-corrected chi connectivity index (χ1v) is 5.08. The van der Waals surface area contributed by atoms with Crippen LogP contribution in [0.2, 0.25) is 0 Å². The van der Waals surface area contributed by atoms with E-state index in [4.69, 9.17) is 0 Å². The quantitative estimate of drug-likeness (QED) is 0.647. The molecular formula is C12H11NO2. The van der Waals surface area contributed by atoms with E-state index in [0.29, 0.717) is 5.69 Å². The fourth-order valence-electron chi connectivity index (χ4n) is 2.29. The molecule has 2 atom stereocenters. The monoisotopic (exact) mass is 201 g/mol. The molecule has 0 spiro atoms. The van der Waals surface area contributed by atoms with Gasteiger partial charge in [0.15, 0.2) is 0 Å². The summed E-state index contributed by atoms with van der Waals surface area (Å²) in [4.78, 5) is 25.2. The van der Waals surface area contributed by atoms with Gasteiger partial charge in [-0.25, -0.2) is 4.90 Å². The number of fused-ring (bicyclic) bond motifs is 1. The van der Waals surface area contributed by atoms with Crippen molar-refractivity contribution in [2.45, 2.75) is 13.3 Å².